The summed E-state index contributed by atoms with van der Waals surface area (Å²) in [4.78, 5) is 15.2. The van der Waals surface area contributed by atoms with E-state index in [1.807, 2.05) is 19.0 Å². The van der Waals surface area contributed by atoms with Gasteiger partial charge in [-0.1, -0.05) is 36.8 Å². The maximum absolute atomic E-state index is 14.1. The number of allylic oxidation sites excluding steroid dienone is 1. The summed E-state index contributed by atoms with van der Waals surface area (Å²) >= 11 is 0. The molecule has 1 spiro atoms. The lowest BCUT2D eigenvalue weighted by atomic mass is 9.50. The van der Waals surface area contributed by atoms with Crippen molar-refractivity contribution in [3.05, 3.63) is 64.4 Å². The Bertz CT molecular complexity index is 1290. The molecule has 9 heteroatoms. The van der Waals surface area contributed by atoms with E-state index in [9.17, 15) is 23.1 Å². The molecule has 6 atom stereocenters. The number of amides is 1. The Morgan fingerprint density at radius 1 is 1.21 bits per heavy atom. The van der Waals surface area contributed by atoms with E-state index in [1.165, 1.54) is 18.2 Å². The van der Waals surface area contributed by atoms with Gasteiger partial charge in [-0.25, -0.2) is 0 Å². The Kier molecular flexibility index (Phi) is 5.92. The molecule has 2 heterocycles. The average Bonchev–Trinajstić information content (AvgIpc) is 3.21. The highest BCUT2D eigenvalue weighted by Gasteiger charge is 2.71. The number of likely N-dealkylation sites (N-methyl/N-ethyl adjacent to an activating group) is 1. The largest absolute Gasteiger partial charge is 0.421 e. The monoisotopic (exact) mass is 544 g/mol. The maximum atomic E-state index is 14.1. The smallest absolute Gasteiger partial charge is 0.378 e. The van der Waals surface area contributed by atoms with Gasteiger partial charge in [0.15, 0.2) is 5.72 Å². The van der Waals surface area contributed by atoms with Crippen LogP contribution in [0.25, 0.3) is 6.08 Å². The minimum Gasteiger partial charge on any atom is -0.378 e. The van der Waals surface area contributed by atoms with Crippen LogP contribution in [0.15, 0.2) is 58.8 Å². The number of benzene rings is 1. The fraction of sp³-hybridized carbons (Fsp3) is 0.567. The van der Waals surface area contributed by atoms with Gasteiger partial charge in [-0.05, 0) is 41.7 Å². The van der Waals surface area contributed by atoms with Crippen LogP contribution in [0.2, 0.25) is 0 Å². The topological polar surface area (TPSA) is 61.8 Å². The van der Waals surface area contributed by atoms with Gasteiger partial charge in [0, 0.05) is 44.0 Å². The van der Waals surface area contributed by atoms with Crippen molar-refractivity contribution in [2.24, 2.45) is 11.3 Å². The third kappa shape index (κ3) is 3.91. The average molecular weight is 545 g/mol. The van der Waals surface area contributed by atoms with E-state index in [2.05, 4.69) is 19.4 Å². The molecule has 1 aromatic rings. The molecule has 6 rings (SSSR count). The first-order valence-electron chi connectivity index (χ1n) is 13.8. The summed E-state index contributed by atoms with van der Waals surface area (Å²) in [6.07, 6.45) is 0.995. The summed E-state index contributed by atoms with van der Waals surface area (Å²) < 4.78 is 50.0. The molecule has 3 aliphatic carbocycles. The second-order valence-electron chi connectivity index (χ2n) is 12.7. The highest BCUT2D eigenvalue weighted by Crippen LogP contribution is 2.67. The van der Waals surface area contributed by atoms with Crippen molar-refractivity contribution in [1.82, 2.24) is 10.2 Å². The molecule has 5 aliphatic rings. The van der Waals surface area contributed by atoms with Gasteiger partial charge in [0.05, 0.1) is 32.8 Å². The standard InChI is InChI=1S/C30H36F3N3O3/c1-35(2)22-17-29(38,34-27(37)21(30(31,32)33)15-18-9-6-5-7-10-18)26-25-19(22)16-23-20-11-8-12-24(39-26)28(20,25)13-14-36(23,3)4/h5-7,9-10,15,17,20,23-24,26,38H,8,11-14,16H2,1-4H3/p+1/t20-,23+,24-,26?,28+,29?/m0/s1. The van der Waals surface area contributed by atoms with E-state index in [0.29, 0.717) is 12.0 Å². The van der Waals surface area contributed by atoms with Crippen LogP contribution in [-0.2, 0) is 9.53 Å². The van der Waals surface area contributed by atoms with Crippen molar-refractivity contribution in [3.8, 4) is 0 Å². The Hall–Kier alpha value is -2.62. The van der Waals surface area contributed by atoms with Gasteiger partial charge in [-0.15, -0.1) is 0 Å². The SMILES string of the molecule is CN(C)C1=CC(O)(NC(=O)C(=Cc2ccccc2)C(F)(F)F)C2O[C@H]3CCC[C@H]4[C@H]5CC1=C2[C@@]34CC[N+]5(C)C. The van der Waals surface area contributed by atoms with Crippen molar-refractivity contribution in [1.29, 1.82) is 0 Å². The number of ether oxygens (including phenoxy) is 1. The number of rotatable bonds is 4. The van der Waals surface area contributed by atoms with E-state index in [0.717, 1.165) is 66.1 Å². The van der Waals surface area contributed by atoms with Crippen LogP contribution >= 0.6 is 0 Å². The number of piperidine rings is 1. The first-order chi connectivity index (χ1) is 18.3. The molecular weight excluding hydrogens is 507 g/mol. The molecular formula is C30H37F3N3O3+. The summed E-state index contributed by atoms with van der Waals surface area (Å²) in [6, 6.07) is 8.31. The molecule has 1 aromatic carbocycles. The highest BCUT2D eigenvalue weighted by atomic mass is 19.4. The summed E-state index contributed by atoms with van der Waals surface area (Å²) in [7, 11) is 8.31. The predicted octanol–water partition coefficient (Wildman–Crippen LogP) is 4.00. The third-order valence-corrected chi connectivity index (χ3v) is 10.0. The van der Waals surface area contributed by atoms with E-state index in [4.69, 9.17) is 4.74 Å². The van der Waals surface area contributed by atoms with E-state index < -0.39 is 29.5 Å². The van der Waals surface area contributed by atoms with E-state index in [-0.39, 0.29) is 17.1 Å². The van der Waals surface area contributed by atoms with E-state index in [1.54, 1.807) is 18.2 Å². The Morgan fingerprint density at radius 3 is 2.59 bits per heavy atom. The molecule has 2 aliphatic heterocycles. The summed E-state index contributed by atoms with van der Waals surface area (Å²) in [5.41, 5.74) is -0.647. The van der Waals surface area contributed by atoms with Crippen LogP contribution in [0.4, 0.5) is 13.2 Å². The summed E-state index contributed by atoms with van der Waals surface area (Å²) in [5, 5.41) is 14.5. The molecule has 1 saturated carbocycles. The van der Waals surface area contributed by atoms with Gasteiger partial charge in [0.1, 0.15) is 11.7 Å². The van der Waals surface area contributed by atoms with Crippen molar-refractivity contribution < 1.29 is 32.3 Å². The van der Waals surface area contributed by atoms with Crippen LogP contribution in [0.3, 0.4) is 0 Å². The first kappa shape index (κ1) is 26.6. The minimum atomic E-state index is -4.91. The lowest BCUT2D eigenvalue weighted by Gasteiger charge is -2.61. The molecule has 2 bridgehead atoms. The van der Waals surface area contributed by atoms with Gasteiger partial charge in [0.2, 0.25) is 0 Å². The molecule has 0 aromatic heterocycles. The fourth-order valence-corrected chi connectivity index (χ4v) is 8.29. The molecule has 6 nitrogen and oxygen atoms in total. The van der Waals surface area contributed by atoms with Crippen molar-refractivity contribution in [2.45, 2.75) is 62.3 Å². The van der Waals surface area contributed by atoms with Crippen LogP contribution in [-0.4, -0.2) is 85.3 Å². The summed E-state index contributed by atoms with van der Waals surface area (Å²) in [6.45, 7) is 0.967. The van der Waals surface area contributed by atoms with Gasteiger partial charge in [-0.2, -0.15) is 13.2 Å². The number of nitrogens with zero attached hydrogens (tertiary/aromatic N) is 2. The molecule has 2 saturated heterocycles. The van der Waals surface area contributed by atoms with E-state index >= 15 is 0 Å². The number of carbonyl (C=O) groups is 1. The lowest BCUT2D eigenvalue weighted by molar-refractivity contribution is -0.928. The molecule has 3 fully saturated rings. The second-order valence-corrected chi connectivity index (χ2v) is 12.7. The third-order valence-electron chi connectivity index (χ3n) is 10.0. The molecule has 210 valence electrons. The first-order valence-corrected chi connectivity index (χ1v) is 13.8. The second kappa shape index (κ2) is 8.69. The molecule has 0 radical (unpaired) electrons. The van der Waals surface area contributed by atoms with Crippen LogP contribution in [0, 0.1) is 11.3 Å². The van der Waals surface area contributed by atoms with Gasteiger partial charge in [0.25, 0.3) is 5.91 Å². The van der Waals surface area contributed by atoms with Crippen molar-refractivity contribution in [3.63, 3.8) is 0 Å². The van der Waals surface area contributed by atoms with Crippen LogP contribution in [0.1, 0.15) is 37.7 Å². The number of aliphatic hydroxyl groups is 1. The highest BCUT2D eigenvalue weighted by molar-refractivity contribution is 5.99. The van der Waals surface area contributed by atoms with Gasteiger partial charge < -0.3 is 24.5 Å². The zero-order valence-corrected chi connectivity index (χ0v) is 22.9. The molecule has 2 unspecified atom stereocenters. The Morgan fingerprint density at radius 2 is 1.92 bits per heavy atom. The quantitative estimate of drug-likeness (QED) is 0.342. The summed E-state index contributed by atoms with van der Waals surface area (Å²) in [5.74, 6) is -1.01. The number of quaternary nitrogens is 1. The Labute approximate surface area is 227 Å². The molecule has 39 heavy (non-hydrogen) atoms. The zero-order valence-electron chi connectivity index (χ0n) is 22.9. The Balaban J connectivity index is 1.45. The van der Waals surface area contributed by atoms with Crippen molar-refractivity contribution in [2.75, 3.05) is 34.7 Å². The molecule has 2 N–H and O–H groups in total. The maximum Gasteiger partial charge on any atom is 0.421 e. The minimum absolute atomic E-state index is 0.130. The number of hydrogen-bond acceptors (Lipinski definition) is 4. The van der Waals surface area contributed by atoms with Gasteiger partial charge in [-0.3, -0.25) is 4.79 Å². The fourth-order valence-electron chi connectivity index (χ4n) is 8.29. The normalized spacial score (nSPS) is 36.7. The zero-order chi connectivity index (χ0) is 28.0. The predicted molar refractivity (Wildman–Crippen MR) is 141 cm³/mol. The number of likely N-dealkylation sites (tertiary alicyclic amines) is 1. The van der Waals surface area contributed by atoms with Gasteiger partial charge >= 0.3 is 6.18 Å². The number of carbonyl (C=O) groups excluding carboxylic acids is 1. The van der Waals surface area contributed by atoms with Crippen LogP contribution in [0.5, 0.6) is 0 Å². The number of halogens is 3. The lowest BCUT2D eigenvalue weighted by Crippen LogP contribution is -2.68. The van der Waals surface area contributed by atoms with Crippen molar-refractivity contribution >= 4 is 12.0 Å². The molecule has 1 amide bonds. The number of nitrogens with one attached hydrogen (secondary N) is 1. The van der Waals surface area contributed by atoms with Crippen LogP contribution < -0.4 is 5.32 Å². The number of hydrogen-bond donors (Lipinski definition) is 2. The number of alkyl halides is 3.